The van der Waals surface area contributed by atoms with Crippen molar-refractivity contribution in [3.05, 3.63) is 47.5 Å². The predicted octanol–water partition coefficient (Wildman–Crippen LogP) is 3.46. The number of anilines is 1. The number of carbonyl (C=O) groups is 1. The number of ether oxygens (including phenoxy) is 2. The predicted molar refractivity (Wildman–Crippen MR) is 89.4 cm³/mol. The Morgan fingerprint density at radius 3 is 2.54 bits per heavy atom. The van der Waals surface area contributed by atoms with Crippen LogP contribution in [0.1, 0.15) is 6.42 Å². The van der Waals surface area contributed by atoms with Gasteiger partial charge in [0, 0.05) is 18.2 Å². The number of fused-ring (bicyclic) bond motifs is 1. The minimum Gasteiger partial charge on any atom is -0.395 e. The molecule has 138 valence electrons. The minimum absolute atomic E-state index is 0.0558. The fourth-order valence-corrected chi connectivity index (χ4v) is 4.10. The maximum atomic E-state index is 13.0. The number of alkyl halides is 2. The van der Waals surface area contributed by atoms with Crippen molar-refractivity contribution in [2.45, 2.75) is 17.6 Å². The molecule has 1 N–H and O–H groups in total. The molecule has 0 aromatic heterocycles. The zero-order valence-corrected chi connectivity index (χ0v) is 14.6. The molecule has 1 aliphatic heterocycles. The molecule has 0 aliphatic carbocycles. The van der Waals surface area contributed by atoms with E-state index in [1.165, 1.54) is 30.3 Å². The highest BCUT2D eigenvalue weighted by atomic mass is 35.5. The fourth-order valence-electron chi connectivity index (χ4n) is 2.28. The van der Waals surface area contributed by atoms with Gasteiger partial charge >= 0.3 is 6.29 Å². The maximum absolute atomic E-state index is 13.0. The van der Waals surface area contributed by atoms with Crippen molar-refractivity contribution in [3.8, 4) is 11.5 Å². The second-order valence-corrected chi connectivity index (χ2v) is 7.86. The lowest BCUT2D eigenvalue weighted by Gasteiger charge is -2.08. The third-order valence-corrected chi connectivity index (χ3v) is 5.66. The summed E-state index contributed by atoms with van der Waals surface area (Å²) in [5, 5.41) is 2.49. The molecule has 1 heterocycles. The SMILES string of the molecule is O=C(CCS(=O)(=O)c1ccccc1Cl)Nc1ccc2c(c1)OC(F)(F)O2. The van der Waals surface area contributed by atoms with Gasteiger partial charge in [-0.2, -0.15) is 0 Å². The maximum Gasteiger partial charge on any atom is 0.586 e. The molecule has 0 saturated heterocycles. The summed E-state index contributed by atoms with van der Waals surface area (Å²) in [5.41, 5.74) is 0.171. The summed E-state index contributed by atoms with van der Waals surface area (Å²) in [5.74, 6) is -1.44. The summed E-state index contributed by atoms with van der Waals surface area (Å²) < 4.78 is 59.0. The Morgan fingerprint density at radius 2 is 1.81 bits per heavy atom. The van der Waals surface area contributed by atoms with Gasteiger partial charge in [-0.3, -0.25) is 4.79 Å². The lowest BCUT2D eigenvalue weighted by molar-refractivity contribution is -0.286. The zero-order valence-electron chi connectivity index (χ0n) is 13.0. The number of rotatable bonds is 5. The summed E-state index contributed by atoms with van der Waals surface area (Å²) in [6.45, 7) is 0. The summed E-state index contributed by atoms with van der Waals surface area (Å²) in [4.78, 5) is 11.9. The first-order chi connectivity index (χ1) is 12.2. The second kappa shape index (κ2) is 6.73. The van der Waals surface area contributed by atoms with Crippen LogP contribution < -0.4 is 14.8 Å². The summed E-state index contributed by atoms with van der Waals surface area (Å²) in [6.07, 6.45) is -4.09. The van der Waals surface area contributed by atoms with E-state index in [2.05, 4.69) is 14.8 Å². The van der Waals surface area contributed by atoms with Crippen LogP contribution in [-0.4, -0.2) is 26.4 Å². The molecule has 2 aromatic carbocycles. The van der Waals surface area contributed by atoms with Crippen molar-refractivity contribution >= 4 is 33.0 Å². The van der Waals surface area contributed by atoms with Gasteiger partial charge in [-0.05, 0) is 24.3 Å². The van der Waals surface area contributed by atoms with E-state index < -0.39 is 27.8 Å². The van der Waals surface area contributed by atoms with E-state index in [0.717, 1.165) is 6.07 Å². The van der Waals surface area contributed by atoms with Gasteiger partial charge in [0.1, 0.15) is 0 Å². The van der Waals surface area contributed by atoms with Crippen molar-refractivity contribution in [2.24, 2.45) is 0 Å². The van der Waals surface area contributed by atoms with E-state index in [1.54, 1.807) is 6.07 Å². The van der Waals surface area contributed by atoms with Gasteiger partial charge in [0.2, 0.25) is 5.91 Å². The Bertz CT molecular complexity index is 965. The lowest BCUT2D eigenvalue weighted by atomic mass is 10.2. The molecule has 6 nitrogen and oxygen atoms in total. The number of halogens is 3. The number of benzene rings is 2. The summed E-state index contributed by atoms with van der Waals surface area (Å²) in [7, 11) is -3.74. The number of hydrogen-bond acceptors (Lipinski definition) is 5. The molecule has 3 rings (SSSR count). The number of nitrogens with one attached hydrogen (secondary N) is 1. The van der Waals surface area contributed by atoms with E-state index in [1.807, 2.05) is 0 Å². The molecular weight excluding hydrogens is 392 g/mol. The Labute approximate surface area is 152 Å². The highest BCUT2D eigenvalue weighted by Gasteiger charge is 2.43. The third-order valence-electron chi connectivity index (χ3n) is 3.45. The first kappa shape index (κ1) is 18.4. The molecule has 0 unspecified atom stereocenters. The summed E-state index contributed by atoms with van der Waals surface area (Å²) in [6, 6.07) is 9.63. The van der Waals surface area contributed by atoms with E-state index in [9.17, 15) is 22.0 Å². The monoisotopic (exact) mass is 403 g/mol. The topological polar surface area (TPSA) is 81.7 Å². The molecule has 0 saturated carbocycles. The van der Waals surface area contributed by atoms with Gasteiger partial charge < -0.3 is 14.8 Å². The van der Waals surface area contributed by atoms with Gasteiger partial charge in [-0.1, -0.05) is 23.7 Å². The Morgan fingerprint density at radius 1 is 1.12 bits per heavy atom. The molecule has 1 amide bonds. The lowest BCUT2D eigenvalue weighted by Crippen LogP contribution is -2.25. The van der Waals surface area contributed by atoms with E-state index >= 15 is 0 Å². The first-order valence-corrected chi connectivity index (χ1v) is 9.36. The zero-order chi connectivity index (χ0) is 18.9. The third kappa shape index (κ3) is 4.05. The average molecular weight is 404 g/mol. The Balaban J connectivity index is 1.63. The molecule has 26 heavy (non-hydrogen) atoms. The highest BCUT2D eigenvalue weighted by molar-refractivity contribution is 7.91. The van der Waals surface area contributed by atoms with Crippen LogP contribution >= 0.6 is 11.6 Å². The van der Waals surface area contributed by atoms with Gasteiger partial charge in [-0.25, -0.2) is 8.42 Å². The molecule has 0 bridgehead atoms. The van der Waals surface area contributed by atoms with Gasteiger partial charge in [-0.15, -0.1) is 8.78 Å². The van der Waals surface area contributed by atoms with Crippen molar-refractivity contribution in [2.75, 3.05) is 11.1 Å². The first-order valence-electron chi connectivity index (χ1n) is 7.33. The summed E-state index contributed by atoms with van der Waals surface area (Å²) >= 11 is 5.86. The van der Waals surface area contributed by atoms with E-state index in [0.29, 0.717) is 0 Å². The average Bonchev–Trinajstić information content (AvgIpc) is 2.86. The molecule has 1 aliphatic rings. The van der Waals surface area contributed by atoms with Crippen molar-refractivity contribution in [1.29, 1.82) is 0 Å². The molecule has 0 fully saturated rings. The van der Waals surface area contributed by atoms with Crippen molar-refractivity contribution in [1.82, 2.24) is 0 Å². The Kier molecular flexibility index (Phi) is 4.76. The van der Waals surface area contributed by atoms with Crippen LogP contribution in [-0.2, 0) is 14.6 Å². The molecule has 2 aromatic rings. The molecule has 0 atom stereocenters. The minimum atomic E-state index is -3.76. The van der Waals surface area contributed by atoms with Crippen LogP contribution in [0.4, 0.5) is 14.5 Å². The van der Waals surface area contributed by atoms with Gasteiger partial charge in [0.15, 0.2) is 21.3 Å². The fraction of sp³-hybridized carbons (Fsp3) is 0.188. The molecule has 0 spiro atoms. The molecule has 0 radical (unpaired) electrons. The number of sulfone groups is 1. The van der Waals surface area contributed by atoms with Crippen LogP contribution in [0.5, 0.6) is 11.5 Å². The largest absolute Gasteiger partial charge is 0.586 e. The standard InChI is InChI=1S/C16H12ClF2NO5S/c17-11-3-1-2-4-14(11)26(22,23)8-7-15(21)20-10-5-6-12-13(9-10)25-16(18,19)24-12/h1-6,9H,7-8H2,(H,20,21). The smallest absolute Gasteiger partial charge is 0.395 e. The molecular formula is C16H12ClF2NO5S. The van der Waals surface area contributed by atoms with Crippen molar-refractivity contribution < 1.29 is 31.5 Å². The van der Waals surface area contributed by atoms with Crippen LogP contribution in [0.2, 0.25) is 5.02 Å². The van der Waals surface area contributed by atoms with Gasteiger partial charge in [0.05, 0.1) is 15.7 Å². The van der Waals surface area contributed by atoms with E-state index in [-0.39, 0.29) is 33.5 Å². The molecule has 10 heteroatoms. The van der Waals surface area contributed by atoms with Gasteiger partial charge in [0.25, 0.3) is 0 Å². The van der Waals surface area contributed by atoms with Crippen LogP contribution in [0.25, 0.3) is 0 Å². The van der Waals surface area contributed by atoms with Crippen LogP contribution in [0.3, 0.4) is 0 Å². The second-order valence-electron chi connectivity index (χ2n) is 5.38. The van der Waals surface area contributed by atoms with Crippen LogP contribution in [0.15, 0.2) is 47.4 Å². The Hall–Kier alpha value is -2.39. The quantitative estimate of drug-likeness (QED) is 0.826. The van der Waals surface area contributed by atoms with E-state index in [4.69, 9.17) is 11.6 Å². The number of carbonyl (C=O) groups excluding carboxylic acids is 1. The normalized spacial score (nSPS) is 14.9. The number of hydrogen-bond donors (Lipinski definition) is 1. The number of amides is 1. The highest BCUT2D eigenvalue weighted by Crippen LogP contribution is 2.42. The van der Waals surface area contributed by atoms with Crippen LogP contribution in [0, 0.1) is 0 Å². The van der Waals surface area contributed by atoms with Crippen molar-refractivity contribution in [3.63, 3.8) is 0 Å².